The van der Waals surface area contributed by atoms with Crippen molar-refractivity contribution in [2.24, 2.45) is 7.05 Å². The van der Waals surface area contributed by atoms with Gasteiger partial charge >= 0.3 is 0 Å². The topological polar surface area (TPSA) is 89.7 Å². The number of aryl methyl sites for hydroxylation is 1. The highest BCUT2D eigenvalue weighted by atomic mass is 16.5. The van der Waals surface area contributed by atoms with Gasteiger partial charge in [-0.1, -0.05) is 0 Å². The van der Waals surface area contributed by atoms with Crippen LogP contribution in [0.25, 0.3) is 10.9 Å². The Hall–Kier alpha value is -3.62. The van der Waals surface area contributed by atoms with E-state index in [2.05, 4.69) is 9.88 Å². The van der Waals surface area contributed by atoms with Crippen molar-refractivity contribution in [3.05, 3.63) is 63.1 Å². The highest BCUT2D eigenvalue weighted by molar-refractivity contribution is 5.96. The summed E-state index contributed by atoms with van der Waals surface area (Å²) in [5.41, 5.74) is 1.74. The Kier molecular flexibility index (Phi) is 5.73. The Labute approximate surface area is 185 Å². The quantitative estimate of drug-likeness (QED) is 0.617. The normalized spacial score (nSPS) is 14.3. The summed E-state index contributed by atoms with van der Waals surface area (Å²) < 4.78 is 8.25. The molecular weight excluding hydrogens is 410 g/mol. The van der Waals surface area contributed by atoms with Gasteiger partial charge in [-0.2, -0.15) is 0 Å². The maximum Gasteiger partial charge on any atom is 0.261 e. The van der Waals surface area contributed by atoms with Crippen molar-refractivity contribution in [1.29, 1.82) is 0 Å². The molecule has 9 nitrogen and oxygen atoms in total. The van der Waals surface area contributed by atoms with Crippen LogP contribution >= 0.6 is 0 Å². The van der Waals surface area contributed by atoms with E-state index in [1.54, 1.807) is 22.8 Å². The lowest BCUT2D eigenvalue weighted by Crippen LogP contribution is -2.49. The average molecular weight is 438 g/mol. The number of hydrogen-bond donors (Lipinski definition) is 0. The van der Waals surface area contributed by atoms with Crippen LogP contribution in [0.2, 0.25) is 0 Å². The minimum atomic E-state index is -0.228. The van der Waals surface area contributed by atoms with E-state index in [0.29, 0.717) is 42.6 Å². The van der Waals surface area contributed by atoms with Gasteiger partial charge in [-0.25, -0.2) is 4.98 Å². The molecular formula is C23H27N5O4. The van der Waals surface area contributed by atoms with Crippen molar-refractivity contribution in [3.63, 3.8) is 0 Å². The van der Waals surface area contributed by atoms with Crippen LogP contribution in [0.4, 0.5) is 5.69 Å². The van der Waals surface area contributed by atoms with Crippen LogP contribution in [0, 0.1) is 0 Å². The number of piperazine rings is 1. The second kappa shape index (κ2) is 8.49. The number of carbonyl (C=O) groups is 1. The number of amides is 1. The summed E-state index contributed by atoms with van der Waals surface area (Å²) >= 11 is 0. The summed E-state index contributed by atoms with van der Waals surface area (Å²) in [6, 6.07) is 7.07. The van der Waals surface area contributed by atoms with Crippen molar-refractivity contribution in [1.82, 2.24) is 19.0 Å². The molecule has 1 aromatic carbocycles. The first-order valence-electron chi connectivity index (χ1n) is 10.6. The molecule has 0 spiro atoms. The van der Waals surface area contributed by atoms with Gasteiger partial charge in [-0.15, -0.1) is 0 Å². The predicted molar refractivity (Wildman–Crippen MR) is 123 cm³/mol. The van der Waals surface area contributed by atoms with Crippen molar-refractivity contribution in [2.45, 2.75) is 19.9 Å². The Morgan fingerprint density at radius 2 is 1.81 bits per heavy atom. The number of pyridine rings is 1. The molecule has 0 saturated carbocycles. The number of methoxy groups -OCH3 is 1. The largest absolute Gasteiger partial charge is 0.496 e. The molecule has 0 aliphatic carbocycles. The molecule has 1 fully saturated rings. The van der Waals surface area contributed by atoms with Crippen LogP contribution in [-0.4, -0.2) is 58.2 Å². The minimum Gasteiger partial charge on any atom is -0.496 e. The Bertz CT molecular complexity index is 1290. The molecule has 1 aliphatic rings. The third kappa shape index (κ3) is 3.86. The maximum absolute atomic E-state index is 13.1. The Morgan fingerprint density at radius 1 is 1.09 bits per heavy atom. The van der Waals surface area contributed by atoms with E-state index in [-0.39, 0.29) is 28.8 Å². The first-order valence-corrected chi connectivity index (χ1v) is 10.6. The number of benzene rings is 1. The number of ether oxygens (including phenoxy) is 1. The fraction of sp³-hybridized carbons (Fsp3) is 0.391. The number of hydrogen-bond acceptors (Lipinski definition) is 6. The second-order valence-corrected chi connectivity index (χ2v) is 8.24. The summed E-state index contributed by atoms with van der Waals surface area (Å²) in [6.45, 7) is 6.27. The SMILES string of the molecule is COc1cc(=O)n(C)cc1C(=O)N1CCN(c2ccc3c(=O)n(C(C)C)cnc3c2)CC1. The predicted octanol–water partition coefficient (Wildman–Crippen LogP) is 1.65. The van der Waals surface area contributed by atoms with Crippen LogP contribution in [0.15, 0.2) is 46.4 Å². The molecule has 3 heterocycles. The van der Waals surface area contributed by atoms with E-state index in [1.807, 2.05) is 32.0 Å². The molecule has 4 rings (SSSR count). The molecule has 1 amide bonds. The minimum absolute atomic E-state index is 0.0434. The lowest BCUT2D eigenvalue weighted by molar-refractivity contribution is 0.0742. The molecule has 0 N–H and O–H groups in total. The van der Waals surface area contributed by atoms with E-state index in [9.17, 15) is 14.4 Å². The van der Waals surface area contributed by atoms with Crippen LogP contribution in [0.3, 0.4) is 0 Å². The molecule has 32 heavy (non-hydrogen) atoms. The number of anilines is 1. The number of carbonyl (C=O) groups excluding carboxylic acids is 1. The van der Waals surface area contributed by atoms with Gasteiger partial charge in [-0.3, -0.25) is 19.0 Å². The van der Waals surface area contributed by atoms with Gasteiger partial charge in [0, 0.05) is 57.2 Å². The fourth-order valence-electron chi connectivity index (χ4n) is 3.97. The molecule has 0 atom stereocenters. The fourth-order valence-corrected chi connectivity index (χ4v) is 3.97. The zero-order valence-corrected chi connectivity index (χ0v) is 18.7. The third-order valence-electron chi connectivity index (χ3n) is 5.90. The molecule has 1 aliphatic heterocycles. The van der Waals surface area contributed by atoms with Gasteiger partial charge in [-0.05, 0) is 32.0 Å². The number of fused-ring (bicyclic) bond motifs is 1. The smallest absolute Gasteiger partial charge is 0.261 e. The van der Waals surface area contributed by atoms with Crippen molar-refractivity contribution in [2.75, 3.05) is 38.2 Å². The van der Waals surface area contributed by atoms with Gasteiger partial charge in [0.1, 0.15) is 5.75 Å². The van der Waals surface area contributed by atoms with Crippen LogP contribution in [-0.2, 0) is 7.05 Å². The van der Waals surface area contributed by atoms with Crippen LogP contribution in [0.5, 0.6) is 5.75 Å². The highest BCUT2D eigenvalue weighted by Crippen LogP contribution is 2.23. The second-order valence-electron chi connectivity index (χ2n) is 8.24. The monoisotopic (exact) mass is 437 g/mol. The summed E-state index contributed by atoms with van der Waals surface area (Å²) in [5, 5.41) is 0.598. The van der Waals surface area contributed by atoms with Gasteiger partial charge in [0.2, 0.25) is 0 Å². The lowest BCUT2D eigenvalue weighted by Gasteiger charge is -2.36. The summed E-state index contributed by atoms with van der Waals surface area (Å²) in [6.07, 6.45) is 3.12. The van der Waals surface area contributed by atoms with Gasteiger partial charge in [0.05, 0.1) is 29.9 Å². The molecule has 0 radical (unpaired) electrons. The highest BCUT2D eigenvalue weighted by Gasteiger charge is 2.25. The Morgan fingerprint density at radius 3 is 2.47 bits per heavy atom. The number of rotatable bonds is 4. The van der Waals surface area contributed by atoms with Crippen LogP contribution < -0.4 is 20.8 Å². The molecule has 2 aromatic heterocycles. The van der Waals surface area contributed by atoms with Crippen molar-refractivity contribution < 1.29 is 9.53 Å². The maximum atomic E-state index is 13.1. The zero-order valence-electron chi connectivity index (χ0n) is 18.7. The molecule has 9 heteroatoms. The standard InChI is InChI=1S/C23H27N5O4/c1-15(2)28-14-24-19-11-16(5-6-17(19)23(28)31)26-7-9-27(10-8-26)22(30)18-13-25(3)21(29)12-20(18)32-4/h5-6,11-15H,7-10H2,1-4H3. The summed E-state index contributed by atoms with van der Waals surface area (Å²) in [7, 11) is 3.06. The van der Waals surface area contributed by atoms with Crippen LogP contribution in [0.1, 0.15) is 30.2 Å². The first-order chi connectivity index (χ1) is 15.3. The zero-order chi connectivity index (χ0) is 23.0. The van der Waals surface area contributed by atoms with E-state index in [1.165, 1.54) is 23.9 Å². The molecule has 3 aromatic rings. The molecule has 168 valence electrons. The van der Waals surface area contributed by atoms with E-state index >= 15 is 0 Å². The van der Waals surface area contributed by atoms with E-state index in [4.69, 9.17) is 4.74 Å². The summed E-state index contributed by atoms with van der Waals surface area (Å²) in [5.74, 6) is 0.125. The third-order valence-corrected chi connectivity index (χ3v) is 5.90. The average Bonchev–Trinajstić information content (AvgIpc) is 2.80. The molecule has 0 unspecified atom stereocenters. The molecule has 0 bridgehead atoms. The van der Waals surface area contributed by atoms with E-state index < -0.39 is 0 Å². The number of nitrogens with zero attached hydrogens (tertiary/aromatic N) is 5. The summed E-state index contributed by atoms with van der Waals surface area (Å²) in [4.78, 5) is 45.9. The number of aromatic nitrogens is 3. The van der Waals surface area contributed by atoms with Crippen molar-refractivity contribution in [3.8, 4) is 5.75 Å². The van der Waals surface area contributed by atoms with Gasteiger partial charge in [0.25, 0.3) is 17.0 Å². The lowest BCUT2D eigenvalue weighted by atomic mass is 10.1. The van der Waals surface area contributed by atoms with Gasteiger partial charge < -0.3 is 19.1 Å². The van der Waals surface area contributed by atoms with Crippen molar-refractivity contribution >= 4 is 22.5 Å². The Balaban J connectivity index is 1.51. The van der Waals surface area contributed by atoms with Gasteiger partial charge in [0.15, 0.2) is 0 Å². The van der Waals surface area contributed by atoms with E-state index in [0.717, 1.165) is 5.69 Å². The molecule has 1 saturated heterocycles. The first kappa shape index (κ1) is 21.6.